The number of nitrogens with one attached hydrogen (secondary N) is 1. The van der Waals surface area contributed by atoms with Crippen LogP contribution in [0.4, 0.5) is 4.39 Å². The van der Waals surface area contributed by atoms with Crippen molar-refractivity contribution in [1.29, 1.82) is 0 Å². The molecule has 0 aromatic heterocycles. The number of hydrogen-bond donors (Lipinski definition) is 1. The van der Waals surface area contributed by atoms with Gasteiger partial charge in [-0.05, 0) is 30.5 Å². The zero-order valence-electron chi connectivity index (χ0n) is 14.0. The molecule has 6 nitrogen and oxygen atoms in total. The van der Waals surface area contributed by atoms with Gasteiger partial charge >= 0.3 is 0 Å². The number of rotatable bonds is 5. The van der Waals surface area contributed by atoms with Crippen LogP contribution in [-0.2, 0) is 25.1 Å². The van der Waals surface area contributed by atoms with Crippen molar-refractivity contribution < 1.29 is 22.3 Å². The third-order valence-electron chi connectivity index (χ3n) is 5.54. The summed E-state index contributed by atoms with van der Waals surface area (Å²) in [5.41, 5.74) is 0.789. The van der Waals surface area contributed by atoms with E-state index < -0.39 is 16.0 Å². The minimum absolute atomic E-state index is 0.199. The van der Waals surface area contributed by atoms with Crippen LogP contribution in [0.5, 0.6) is 0 Å². The van der Waals surface area contributed by atoms with Gasteiger partial charge in [0.15, 0.2) is 5.79 Å². The Kier molecular flexibility index (Phi) is 4.36. The number of ether oxygens (including phenoxy) is 2. The fourth-order valence-corrected chi connectivity index (χ4v) is 5.00. The molecule has 0 unspecified atom stereocenters. The quantitative estimate of drug-likeness (QED) is 0.854. The molecule has 1 N–H and O–H groups in total. The van der Waals surface area contributed by atoms with E-state index in [2.05, 4.69) is 4.72 Å². The summed E-state index contributed by atoms with van der Waals surface area (Å²) in [4.78, 5) is 0. The largest absolute Gasteiger partial charge is 0.347 e. The predicted molar refractivity (Wildman–Crippen MR) is 89.7 cm³/mol. The molecule has 1 aromatic rings. The van der Waals surface area contributed by atoms with Crippen molar-refractivity contribution >= 4 is 10.2 Å². The van der Waals surface area contributed by atoms with Crippen LogP contribution >= 0.6 is 0 Å². The lowest BCUT2D eigenvalue weighted by molar-refractivity contribution is -0.179. The fraction of sp³-hybridized carbons (Fsp3) is 0.647. The van der Waals surface area contributed by atoms with Crippen LogP contribution in [0.3, 0.4) is 0 Å². The molecule has 2 heterocycles. The Hall–Kier alpha value is -1.06. The smallest absolute Gasteiger partial charge is 0.279 e. The molecule has 2 saturated heterocycles. The Labute approximate surface area is 147 Å². The number of nitrogens with zero attached hydrogens (tertiary/aromatic N) is 1. The minimum atomic E-state index is -3.54. The summed E-state index contributed by atoms with van der Waals surface area (Å²) in [6, 6.07) is 6.34. The fourth-order valence-electron chi connectivity index (χ4n) is 3.70. The maximum Gasteiger partial charge on any atom is 0.279 e. The highest BCUT2D eigenvalue weighted by molar-refractivity contribution is 7.87. The zero-order chi connectivity index (χ0) is 17.5. The second-order valence-corrected chi connectivity index (χ2v) is 8.88. The van der Waals surface area contributed by atoms with E-state index in [0.29, 0.717) is 45.7 Å². The molecule has 3 fully saturated rings. The summed E-state index contributed by atoms with van der Waals surface area (Å²) in [5, 5.41) is 0. The molecular weight excluding hydrogens is 347 g/mol. The van der Waals surface area contributed by atoms with Crippen LogP contribution in [0.25, 0.3) is 0 Å². The lowest BCUT2D eigenvalue weighted by Gasteiger charge is -2.37. The van der Waals surface area contributed by atoms with Gasteiger partial charge < -0.3 is 9.47 Å². The van der Waals surface area contributed by atoms with Gasteiger partial charge in [0.2, 0.25) is 0 Å². The SMILES string of the molecule is O=S(=O)(NCC1(c2ccc(F)cc2)CC1)N1CCC2(CC1)OCCO2. The van der Waals surface area contributed by atoms with Crippen molar-refractivity contribution in [3.05, 3.63) is 35.6 Å². The van der Waals surface area contributed by atoms with Crippen LogP contribution < -0.4 is 4.72 Å². The summed E-state index contributed by atoms with van der Waals surface area (Å²) < 4.78 is 53.8. The zero-order valence-corrected chi connectivity index (χ0v) is 14.9. The van der Waals surface area contributed by atoms with Crippen molar-refractivity contribution in [2.24, 2.45) is 0 Å². The van der Waals surface area contributed by atoms with Crippen LogP contribution in [0.15, 0.2) is 24.3 Å². The van der Waals surface area contributed by atoms with Gasteiger partial charge in [-0.2, -0.15) is 12.7 Å². The normalized spacial score (nSPS) is 25.3. The molecule has 8 heteroatoms. The average Bonchev–Trinajstić information content (AvgIpc) is 3.28. The molecule has 1 saturated carbocycles. The molecule has 1 aliphatic carbocycles. The molecule has 138 valence electrons. The maximum absolute atomic E-state index is 13.1. The van der Waals surface area contributed by atoms with E-state index in [1.807, 2.05) is 0 Å². The summed E-state index contributed by atoms with van der Waals surface area (Å²) >= 11 is 0. The van der Waals surface area contributed by atoms with Crippen molar-refractivity contribution in [3.8, 4) is 0 Å². The second-order valence-electron chi connectivity index (χ2n) is 7.12. The van der Waals surface area contributed by atoms with Gasteiger partial charge in [-0.25, -0.2) is 9.11 Å². The molecule has 0 radical (unpaired) electrons. The molecule has 4 rings (SSSR count). The number of hydrogen-bond acceptors (Lipinski definition) is 4. The third kappa shape index (κ3) is 3.46. The Balaban J connectivity index is 1.36. The van der Waals surface area contributed by atoms with Crippen LogP contribution in [-0.4, -0.2) is 51.4 Å². The van der Waals surface area contributed by atoms with Gasteiger partial charge in [-0.15, -0.1) is 0 Å². The number of benzene rings is 1. The predicted octanol–water partition coefficient (Wildman–Crippen LogP) is 1.53. The number of halogens is 1. The van der Waals surface area contributed by atoms with E-state index in [4.69, 9.17) is 9.47 Å². The lowest BCUT2D eigenvalue weighted by atomic mass is 9.96. The topological polar surface area (TPSA) is 67.9 Å². The van der Waals surface area contributed by atoms with Crippen LogP contribution in [0, 0.1) is 5.82 Å². The lowest BCUT2D eigenvalue weighted by Crippen LogP contribution is -2.51. The Morgan fingerprint density at radius 1 is 1.04 bits per heavy atom. The average molecular weight is 370 g/mol. The molecule has 1 spiro atoms. The first-order chi connectivity index (χ1) is 11.9. The van der Waals surface area contributed by atoms with Crippen LogP contribution in [0.1, 0.15) is 31.2 Å². The van der Waals surface area contributed by atoms with E-state index in [9.17, 15) is 12.8 Å². The molecule has 2 aliphatic heterocycles. The summed E-state index contributed by atoms with van der Waals surface area (Å²) in [6.07, 6.45) is 2.92. The van der Waals surface area contributed by atoms with Crippen molar-refractivity contribution in [3.63, 3.8) is 0 Å². The van der Waals surface area contributed by atoms with Gasteiger partial charge in [0.25, 0.3) is 10.2 Å². The first-order valence-corrected chi connectivity index (χ1v) is 10.2. The van der Waals surface area contributed by atoms with Gasteiger partial charge in [0, 0.05) is 37.9 Å². The molecule has 25 heavy (non-hydrogen) atoms. The highest BCUT2D eigenvalue weighted by Gasteiger charge is 2.46. The minimum Gasteiger partial charge on any atom is -0.347 e. The van der Waals surface area contributed by atoms with E-state index in [1.54, 1.807) is 12.1 Å². The first-order valence-electron chi connectivity index (χ1n) is 8.72. The van der Waals surface area contributed by atoms with Gasteiger partial charge in [0.1, 0.15) is 5.82 Å². The summed E-state index contributed by atoms with van der Waals surface area (Å²) in [7, 11) is -3.54. The van der Waals surface area contributed by atoms with Gasteiger partial charge in [-0.3, -0.25) is 0 Å². The van der Waals surface area contributed by atoms with E-state index in [-0.39, 0.29) is 11.2 Å². The second kappa shape index (κ2) is 6.28. The Bertz CT molecular complexity index is 718. The standard InChI is InChI=1S/C17H23FN2O4S/c18-15-3-1-14(2-4-15)16(5-6-16)13-19-25(21,22)20-9-7-17(8-10-20)23-11-12-24-17/h1-4,19H,5-13H2. The monoisotopic (exact) mass is 370 g/mol. The van der Waals surface area contributed by atoms with E-state index in [0.717, 1.165) is 18.4 Å². The van der Waals surface area contributed by atoms with Crippen molar-refractivity contribution in [2.75, 3.05) is 32.8 Å². The molecule has 1 aromatic carbocycles. The summed E-state index contributed by atoms with van der Waals surface area (Å²) in [5.74, 6) is -0.864. The van der Waals surface area contributed by atoms with E-state index >= 15 is 0 Å². The number of piperidine rings is 1. The summed E-state index contributed by atoms with van der Waals surface area (Å²) in [6.45, 7) is 2.27. The Morgan fingerprint density at radius 3 is 2.20 bits per heavy atom. The maximum atomic E-state index is 13.1. The Morgan fingerprint density at radius 2 is 1.64 bits per heavy atom. The molecule has 3 aliphatic rings. The van der Waals surface area contributed by atoms with Crippen LogP contribution in [0.2, 0.25) is 0 Å². The van der Waals surface area contributed by atoms with E-state index in [1.165, 1.54) is 16.4 Å². The molecular formula is C17H23FN2O4S. The third-order valence-corrected chi connectivity index (χ3v) is 7.09. The highest BCUT2D eigenvalue weighted by Crippen LogP contribution is 2.47. The molecule has 0 atom stereocenters. The van der Waals surface area contributed by atoms with Crippen molar-refractivity contribution in [1.82, 2.24) is 9.03 Å². The molecule has 0 amide bonds. The van der Waals surface area contributed by atoms with Crippen molar-refractivity contribution in [2.45, 2.75) is 36.9 Å². The van der Waals surface area contributed by atoms with Gasteiger partial charge in [0.05, 0.1) is 13.2 Å². The molecule has 0 bridgehead atoms. The highest BCUT2D eigenvalue weighted by atomic mass is 32.2. The first kappa shape index (κ1) is 17.4. The van der Waals surface area contributed by atoms with Gasteiger partial charge in [-0.1, -0.05) is 12.1 Å².